The fourth-order valence-electron chi connectivity index (χ4n) is 2.64. The number of aliphatic imine (C=N–C) groups is 1. The Morgan fingerprint density at radius 1 is 0.933 bits per heavy atom. The molecule has 30 heavy (non-hydrogen) atoms. The second-order valence-electron chi connectivity index (χ2n) is 6.39. The molecule has 0 heterocycles. The third-order valence-corrected chi connectivity index (χ3v) is 4.69. The second kappa shape index (κ2) is 9.43. The van der Waals surface area contributed by atoms with Crippen molar-refractivity contribution in [2.24, 2.45) is 4.99 Å². The molecule has 4 N–H and O–H groups in total. The first-order chi connectivity index (χ1) is 14.3. The molecule has 2 amide bonds. The van der Waals surface area contributed by atoms with Crippen LogP contribution < -0.4 is 16.4 Å². The number of hydrogen-bond acceptors (Lipinski definition) is 4. The minimum atomic E-state index is -0.394. The molecule has 0 saturated carbocycles. The molecule has 0 aliphatic rings. The molecule has 8 heteroatoms. The molecular weight excluding hydrogens is 423 g/mol. The fraction of sp³-hybridized carbons (Fsp3) is 0.0455. The highest BCUT2D eigenvalue weighted by Crippen LogP contribution is 2.27. The van der Waals surface area contributed by atoms with Gasteiger partial charge in [0.15, 0.2) is 0 Å². The van der Waals surface area contributed by atoms with Gasteiger partial charge in [-0.2, -0.15) is 0 Å². The van der Waals surface area contributed by atoms with Crippen molar-refractivity contribution in [2.75, 3.05) is 16.4 Å². The van der Waals surface area contributed by atoms with E-state index in [2.05, 4.69) is 15.6 Å². The normalized spacial score (nSPS) is 10.8. The van der Waals surface area contributed by atoms with Gasteiger partial charge in [0.1, 0.15) is 0 Å². The number of carbonyl (C=O) groups excluding carboxylic acids is 2. The molecule has 0 bridgehead atoms. The van der Waals surface area contributed by atoms with Crippen molar-refractivity contribution in [1.29, 1.82) is 0 Å². The van der Waals surface area contributed by atoms with Gasteiger partial charge in [0.05, 0.1) is 27.0 Å². The maximum absolute atomic E-state index is 12.4. The number of hydrogen-bond donors (Lipinski definition) is 3. The molecule has 0 aliphatic carbocycles. The number of nitrogen functional groups attached to an aromatic ring is 1. The lowest BCUT2D eigenvalue weighted by molar-refractivity contribution is -0.114. The van der Waals surface area contributed by atoms with Crippen LogP contribution in [0, 0.1) is 0 Å². The smallest absolute Gasteiger partial charge is 0.258 e. The molecule has 0 saturated heterocycles. The lowest BCUT2D eigenvalue weighted by atomic mass is 10.2. The Hall–Kier alpha value is -3.35. The second-order valence-corrected chi connectivity index (χ2v) is 7.20. The minimum absolute atomic E-state index is 0.176. The number of anilines is 3. The Balaban J connectivity index is 1.72. The molecule has 0 aliphatic heterocycles. The third kappa shape index (κ3) is 5.37. The van der Waals surface area contributed by atoms with E-state index in [1.807, 2.05) is 0 Å². The standard InChI is InChI=1S/C22H18Cl2N4O2/c1-13(29)27-16-9-10-19(25)20(11-16)26-12-14-5-7-15(8-6-14)28-22(30)21-17(23)3-2-4-18(21)24/h2-12H,25H2,1H3,(H,27,29)(H,28,30). The lowest BCUT2D eigenvalue weighted by Crippen LogP contribution is -2.13. The van der Waals surface area contributed by atoms with E-state index in [1.165, 1.54) is 6.92 Å². The molecule has 3 aromatic rings. The Kier molecular flexibility index (Phi) is 6.72. The molecule has 0 spiro atoms. The van der Waals surface area contributed by atoms with Gasteiger partial charge >= 0.3 is 0 Å². The number of nitrogens with two attached hydrogens (primary N) is 1. The zero-order chi connectivity index (χ0) is 21.7. The van der Waals surface area contributed by atoms with Crippen molar-refractivity contribution in [1.82, 2.24) is 0 Å². The zero-order valence-electron chi connectivity index (χ0n) is 15.9. The highest BCUT2D eigenvalue weighted by molar-refractivity contribution is 6.40. The summed E-state index contributed by atoms with van der Waals surface area (Å²) in [5.74, 6) is -0.569. The first kappa shape index (κ1) is 21.4. The maximum atomic E-state index is 12.4. The summed E-state index contributed by atoms with van der Waals surface area (Å²) in [6.45, 7) is 1.43. The van der Waals surface area contributed by atoms with Crippen LogP contribution in [0.3, 0.4) is 0 Å². The molecule has 3 rings (SSSR count). The van der Waals surface area contributed by atoms with Gasteiger partial charge in [-0.15, -0.1) is 0 Å². The van der Waals surface area contributed by atoms with Crippen molar-refractivity contribution < 1.29 is 9.59 Å². The predicted molar refractivity (Wildman–Crippen MR) is 123 cm³/mol. The quantitative estimate of drug-likeness (QED) is 0.358. The van der Waals surface area contributed by atoms with Gasteiger partial charge in [-0.25, -0.2) is 0 Å². The van der Waals surface area contributed by atoms with Crippen LogP contribution in [0.4, 0.5) is 22.7 Å². The predicted octanol–water partition coefficient (Wildman–Crippen LogP) is 5.54. The Morgan fingerprint density at radius 3 is 2.20 bits per heavy atom. The summed E-state index contributed by atoms with van der Waals surface area (Å²) >= 11 is 12.1. The van der Waals surface area contributed by atoms with Crippen LogP contribution in [0.2, 0.25) is 10.0 Å². The molecule has 0 radical (unpaired) electrons. The summed E-state index contributed by atoms with van der Waals surface area (Å²) in [5.41, 5.74) is 9.19. The summed E-state index contributed by atoms with van der Waals surface area (Å²) in [6, 6.07) is 17.0. The summed E-state index contributed by atoms with van der Waals surface area (Å²) in [4.78, 5) is 28.0. The fourth-order valence-corrected chi connectivity index (χ4v) is 3.21. The first-order valence-corrected chi connectivity index (χ1v) is 9.65. The van der Waals surface area contributed by atoms with Gasteiger partial charge in [-0.1, -0.05) is 41.4 Å². The average Bonchev–Trinajstić information content (AvgIpc) is 2.69. The van der Waals surface area contributed by atoms with E-state index in [0.717, 1.165) is 5.56 Å². The van der Waals surface area contributed by atoms with Gasteiger partial charge in [-0.3, -0.25) is 14.6 Å². The van der Waals surface area contributed by atoms with Gasteiger partial charge in [0.2, 0.25) is 5.91 Å². The van der Waals surface area contributed by atoms with Crippen molar-refractivity contribution >= 4 is 64.0 Å². The molecular formula is C22H18Cl2N4O2. The van der Waals surface area contributed by atoms with Crippen molar-refractivity contribution in [3.8, 4) is 0 Å². The topological polar surface area (TPSA) is 96.6 Å². The molecule has 0 aromatic heterocycles. The summed E-state index contributed by atoms with van der Waals surface area (Å²) in [7, 11) is 0. The van der Waals surface area contributed by atoms with Crippen LogP contribution in [0.25, 0.3) is 0 Å². The molecule has 0 fully saturated rings. The van der Waals surface area contributed by atoms with E-state index >= 15 is 0 Å². The average molecular weight is 441 g/mol. The van der Waals surface area contributed by atoms with E-state index in [4.69, 9.17) is 28.9 Å². The van der Waals surface area contributed by atoms with Crippen molar-refractivity contribution in [2.45, 2.75) is 6.92 Å². The lowest BCUT2D eigenvalue weighted by Gasteiger charge is -2.08. The Labute approximate surface area is 183 Å². The molecule has 0 unspecified atom stereocenters. The highest BCUT2D eigenvalue weighted by atomic mass is 35.5. The summed E-state index contributed by atoms with van der Waals surface area (Å²) < 4.78 is 0. The number of rotatable bonds is 5. The summed E-state index contributed by atoms with van der Waals surface area (Å²) in [5, 5.41) is 6.01. The number of benzene rings is 3. The van der Waals surface area contributed by atoms with Gasteiger partial charge in [-0.05, 0) is 48.0 Å². The van der Waals surface area contributed by atoms with Gasteiger partial charge in [0.25, 0.3) is 5.91 Å². The monoisotopic (exact) mass is 440 g/mol. The first-order valence-electron chi connectivity index (χ1n) is 8.90. The van der Waals surface area contributed by atoms with E-state index < -0.39 is 5.91 Å². The molecule has 3 aromatic carbocycles. The van der Waals surface area contributed by atoms with E-state index in [0.29, 0.717) is 22.7 Å². The number of nitrogens with zero attached hydrogens (tertiary/aromatic N) is 1. The Bertz CT molecular complexity index is 1110. The number of nitrogens with one attached hydrogen (secondary N) is 2. The van der Waals surface area contributed by atoms with E-state index in [1.54, 1.807) is 66.9 Å². The van der Waals surface area contributed by atoms with Crippen molar-refractivity contribution in [3.63, 3.8) is 0 Å². The van der Waals surface area contributed by atoms with Crippen LogP contribution in [-0.4, -0.2) is 18.0 Å². The van der Waals surface area contributed by atoms with E-state index in [9.17, 15) is 9.59 Å². The molecule has 152 valence electrons. The third-order valence-electron chi connectivity index (χ3n) is 4.06. The molecule has 6 nitrogen and oxygen atoms in total. The number of halogens is 2. The SMILES string of the molecule is CC(=O)Nc1ccc(N)c(N=Cc2ccc(NC(=O)c3c(Cl)cccc3Cl)cc2)c1. The van der Waals surface area contributed by atoms with Crippen LogP contribution in [0.5, 0.6) is 0 Å². The largest absolute Gasteiger partial charge is 0.397 e. The van der Waals surface area contributed by atoms with Crippen LogP contribution in [0.1, 0.15) is 22.8 Å². The Morgan fingerprint density at radius 2 is 1.57 bits per heavy atom. The molecule has 0 atom stereocenters. The maximum Gasteiger partial charge on any atom is 0.258 e. The van der Waals surface area contributed by atoms with Gasteiger partial charge in [0, 0.05) is 24.5 Å². The number of amides is 2. The van der Waals surface area contributed by atoms with Crippen LogP contribution in [-0.2, 0) is 4.79 Å². The zero-order valence-corrected chi connectivity index (χ0v) is 17.5. The summed E-state index contributed by atoms with van der Waals surface area (Å²) in [6.07, 6.45) is 1.64. The van der Waals surface area contributed by atoms with Gasteiger partial charge < -0.3 is 16.4 Å². The van der Waals surface area contributed by atoms with Crippen LogP contribution in [0.15, 0.2) is 65.7 Å². The highest BCUT2D eigenvalue weighted by Gasteiger charge is 2.14. The number of carbonyl (C=O) groups is 2. The van der Waals surface area contributed by atoms with E-state index in [-0.39, 0.29) is 21.5 Å². The van der Waals surface area contributed by atoms with Crippen molar-refractivity contribution in [3.05, 3.63) is 81.8 Å². The minimum Gasteiger partial charge on any atom is -0.397 e. The van der Waals surface area contributed by atoms with Crippen LogP contribution >= 0.6 is 23.2 Å².